The lowest BCUT2D eigenvalue weighted by atomic mass is 10.4. The Morgan fingerprint density at radius 2 is 2.18 bits per heavy atom. The van der Waals surface area contributed by atoms with Crippen LogP contribution in [-0.2, 0) is 9.05 Å². The molecule has 11 heavy (non-hydrogen) atoms. The minimum Gasteiger partial charge on any atom is -0.465 e. The molecule has 0 heterocycles. The molecule has 7 heteroatoms. The second-order valence-corrected chi connectivity index (χ2v) is 4.88. The fourth-order valence-corrected chi connectivity index (χ4v) is 1.80. The van der Waals surface area contributed by atoms with Gasteiger partial charge in [0.1, 0.15) is 0 Å². The summed E-state index contributed by atoms with van der Waals surface area (Å²) in [5.41, 5.74) is 0. The van der Waals surface area contributed by atoms with Crippen molar-refractivity contribution in [2.24, 2.45) is 0 Å². The molecule has 0 aliphatic carbocycles. The van der Waals surface area contributed by atoms with Crippen molar-refractivity contribution in [2.75, 3.05) is 5.75 Å². The zero-order valence-electron chi connectivity index (χ0n) is 5.74. The van der Waals surface area contributed by atoms with Crippen LogP contribution >= 0.6 is 10.7 Å². The Hall–Kier alpha value is -0.490. The Kier molecular flexibility index (Phi) is 3.61. The van der Waals surface area contributed by atoms with Gasteiger partial charge in [0.05, 0.1) is 5.75 Å². The predicted molar refractivity (Wildman–Crippen MR) is 40.3 cm³/mol. The van der Waals surface area contributed by atoms with Crippen molar-refractivity contribution in [3.05, 3.63) is 0 Å². The summed E-state index contributed by atoms with van der Waals surface area (Å²) in [7, 11) is 1.23. The van der Waals surface area contributed by atoms with E-state index < -0.39 is 26.9 Å². The van der Waals surface area contributed by atoms with Gasteiger partial charge in [0.2, 0.25) is 9.05 Å². The summed E-state index contributed by atoms with van der Waals surface area (Å²) in [4.78, 5) is 9.95. The molecular weight excluding hydrogens is 194 g/mol. The van der Waals surface area contributed by atoms with Crippen LogP contribution in [0.2, 0.25) is 0 Å². The number of hydrogen-bond acceptors (Lipinski definition) is 3. The lowest BCUT2D eigenvalue weighted by molar-refractivity contribution is 0.192. The quantitative estimate of drug-likeness (QED) is 0.640. The monoisotopic (exact) mass is 201 g/mol. The molecule has 0 aromatic carbocycles. The van der Waals surface area contributed by atoms with Crippen LogP contribution in [0, 0.1) is 0 Å². The predicted octanol–water partition coefficient (Wildman–Crippen LogP) is 0.211. The molecule has 2 N–H and O–H groups in total. The Balaban J connectivity index is 3.89. The molecule has 0 saturated heterocycles. The summed E-state index contributed by atoms with van der Waals surface area (Å²) >= 11 is 0. The van der Waals surface area contributed by atoms with Gasteiger partial charge >= 0.3 is 6.09 Å². The van der Waals surface area contributed by atoms with Crippen LogP contribution in [-0.4, -0.2) is 31.4 Å². The highest BCUT2D eigenvalue weighted by molar-refractivity contribution is 8.13. The standard InChI is InChI=1S/C4H8ClNO4S/c1-3(6-4(7)8)2-11(5,9)10/h3,6H,2H2,1H3,(H,7,8)/t3-/m1/s1. The number of carboxylic acid groups (broad SMARTS) is 1. The van der Waals surface area contributed by atoms with Crippen molar-refractivity contribution in [1.82, 2.24) is 5.32 Å². The van der Waals surface area contributed by atoms with Gasteiger partial charge < -0.3 is 10.4 Å². The highest BCUT2D eigenvalue weighted by atomic mass is 35.7. The molecule has 1 amide bonds. The normalized spacial score (nSPS) is 14.0. The Morgan fingerprint density at radius 3 is 2.45 bits per heavy atom. The first-order valence-electron chi connectivity index (χ1n) is 2.73. The highest BCUT2D eigenvalue weighted by Gasteiger charge is 2.13. The lowest BCUT2D eigenvalue weighted by Crippen LogP contribution is -2.35. The Morgan fingerprint density at radius 1 is 1.73 bits per heavy atom. The minimum absolute atomic E-state index is 0.402. The van der Waals surface area contributed by atoms with Crippen LogP contribution in [0.3, 0.4) is 0 Å². The summed E-state index contributed by atoms with van der Waals surface area (Å²) in [6.07, 6.45) is -1.27. The van der Waals surface area contributed by atoms with Crippen LogP contribution in [0.25, 0.3) is 0 Å². The molecule has 1 atom stereocenters. The van der Waals surface area contributed by atoms with Crippen molar-refractivity contribution in [2.45, 2.75) is 13.0 Å². The average Bonchev–Trinajstić information content (AvgIpc) is 1.53. The molecule has 0 spiro atoms. The molecule has 0 bridgehead atoms. The molecule has 0 aliphatic heterocycles. The highest BCUT2D eigenvalue weighted by Crippen LogP contribution is 1.98. The molecule has 0 aliphatic rings. The molecular formula is C4H8ClNO4S. The number of carbonyl (C=O) groups is 1. The zero-order chi connectivity index (χ0) is 9.07. The van der Waals surface area contributed by atoms with E-state index in [1.807, 2.05) is 5.32 Å². The van der Waals surface area contributed by atoms with E-state index in [0.29, 0.717) is 0 Å². The van der Waals surface area contributed by atoms with E-state index in [9.17, 15) is 13.2 Å². The molecule has 0 radical (unpaired) electrons. The molecule has 0 unspecified atom stereocenters. The summed E-state index contributed by atoms with van der Waals surface area (Å²) in [5.74, 6) is -0.402. The molecule has 0 aromatic heterocycles. The first-order valence-corrected chi connectivity index (χ1v) is 5.21. The van der Waals surface area contributed by atoms with Crippen molar-refractivity contribution in [3.63, 3.8) is 0 Å². The number of nitrogens with one attached hydrogen (secondary N) is 1. The largest absolute Gasteiger partial charge is 0.465 e. The van der Waals surface area contributed by atoms with Crippen molar-refractivity contribution in [1.29, 1.82) is 0 Å². The molecule has 0 fully saturated rings. The van der Waals surface area contributed by atoms with Crippen molar-refractivity contribution < 1.29 is 18.3 Å². The number of halogens is 1. The summed E-state index contributed by atoms with van der Waals surface area (Å²) in [6.45, 7) is 1.41. The maximum atomic E-state index is 10.4. The van der Waals surface area contributed by atoms with E-state index in [-0.39, 0.29) is 0 Å². The van der Waals surface area contributed by atoms with Gasteiger partial charge in [-0.15, -0.1) is 0 Å². The molecule has 66 valence electrons. The van der Waals surface area contributed by atoms with Crippen LogP contribution < -0.4 is 5.32 Å². The van der Waals surface area contributed by atoms with E-state index in [2.05, 4.69) is 0 Å². The third kappa shape index (κ3) is 7.41. The Bertz CT molecular complexity index is 236. The smallest absolute Gasteiger partial charge is 0.404 e. The third-order valence-electron chi connectivity index (χ3n) is 0.819. The van der Waals surface area contributed by atoms with Gasteiger partial charge in [0, 0.05) is 16.7 Å². The summed E-state index contributed by atoms with van der Waals surface area (Å²) in [5, 5.41) is 10.1. The summed E-state index contributed by atoms with van der Waals surface area (Å²) < 4.78 is 20.7. The molecule has 0 saturated carbocycles. The number of amides is 1. The SMILES string of the molecule is C[C@H](CS(=O)(=O)Cl)NC(=O)O. The summed E-state index contributed by atoms with van der Waals surface area (Å²) in [6, 6.07) is -0.685. The minimum atomic E-state index is -3.62. The third-order valence-corrected chi connectivity index (χ3v) is 2.10. The van der Waals surface area contributed by atoms with Gasteiger partial charge in [0.15, 0.2) is 0 Å². The van der Waals surface area contributed by atoms with E-state index in [1.165, 1.54) is 6.92 Å². The fraction of sp³-hybridized carbons (Fsp3) is 0.750. The van der Waals surface area contributed by atoms with Crippen LogP contribution in [0.15, 0.2) is 0 Å². The van der Waals surface area contributed by atoms with Gasteiger partial charge in [-0.2, -0.15) is 0 Å². The first-order chi connectivity index (χ1) is 4.81. The van der Waals surface area contributed by atoms with Gasteiger partial charge in [-0.3, -0.25) is 0 Å². The maximum Gasteiger partial charge on any atom is 0.404 e. The maximum absolute atomic E-state index is 10.4. The van der Waals surface area contributed by atoms with E-state index in [1.54, 1.807) is 0 Å². The van der Waals surface area contributed by atoms with Crippen LogP contribution in [0.1, 0.15) is 6.92 Å². The zero-order valence-corrected chi connectivity index (χ0v) is 7.32. The molecule has 5 nitrogen and oxygen atoms in total. The Labute approximate surface area is 68.8 Å². The van der Waals surface area contributed by atoms with Crippen molar-refractivity contribution in [3.8, 4) is 0 Å². The van der Waals surface area contributed by atoms with Gasteiger partial charge in [-0.05, 0) is 6.92 Å². The second kappa shape index (κ2) is 3.77. The molecule has 0 aromatic rings. The topological polar surface area (TPSA) is 83.5 Å². The average molecular weight is 202 g/mol. The van der Waals surface area contributed by atoms with Crippen LogP contribution in [0.5, 0.6) is 0 Å². The van der Waals surface area contributed by atoms with E-state index in [0.717, 1.165) is 0 Å². The van der Waals surface area contributed by atoms with Gasteiger partial charge in [-0.1, -0.05) is 0 Å². The second-order valence-electron chi connectivity index (χ2n) is 2.06. The number of rotatable bonds is 3. The first kappa shape index (κ1) is 10.5. The molecule has 0 rings (SSSR count). The van der Waals surface area contributed by atoms with E-state index >= 15 is 0 Å². The van der Waals surface area contributed by atoms with Gasteiger partial charge in [0.25, 0.3) is 0 Å². The lowest BCUT2D eigenvalue weighted by Gasteiger charge is -2.07. The van der Waals surface area contributed by atoms with Crippen LogP contribution in [0.4, 0.5) is 4.79 Å². The number of hydrogen-bond donors (Lipinski definition) is 2. The fourth-order valence-electron chi connectivity index (χ4n) is 0.551. The van der Waals surface area contributed by atoms with E-state index in [4.69, 9.17) is 15.8 Å². The van der Waals surface area contributed by atoms with Crippen molar-refractivity contribution >= 4 is 25.8 Å². The van der Waals surface area contributed by atoms with Gasteiger partial charge in [-0.25, -0.2) is 13.2 Å².